The van der Waals surface area contributed by atoms with Gasteiger partial charge in [-0.1, -0.05) is 6.92 Å². The molecule has 0 bridgehead atoms. The number of nitrogens with one attached hydrogen (secondary N) is 1. The van der Waals surface area contributed by atoms with Crippen LogP contribution in [0.2, 0.25) is 0 Å². The molecule has 0 aliphatic rings. The molecule has 0 heterocycles. The summed E-state index contributed by atoms with van der Waals surface area (Å²) in [5.41, 5.74) is 5.82. The standard InChI is InChI=1S/C13H19FN2O2/c1-2-11(17)5-6-16-8-10-7-9(13(15)18)3-4-12(10)14/h3-4,7,11,16-17H,2,5-6,8H2,1H3,(H2,15,18). The summed E-state index contributed by atoms with van der Waals surface area (Å²) < 4.78 is 13.4. The van der Waals surface area contributed by atoms with E-state index in [2.05, 4.69) is 5.32 Å². The van der Waals surface area contributed by atoms with E-state index < -0.39 is 5.91 Å². The molecule has 0 aromatic heterocycles. The number of carbonyl (C=O) groups is 1. The third kappa shape index (κ3) is 4.43. The zero-order chi connectivity index (χ0) is 13.5. The van der Waals surface area contributed by atoms with Crippen LogP contribution in [0.4, 0.5) is 4.39 Å². The van der Waals surface area contributed by atoms with Gasteiger partial charge in [-0.2, -0.15) is 0 Å². The first-order valence-corrected chi connectivity index (χ1v) is 6.01. The minimum Gasteiger partial charge on any atom is -0.393 e. The molecule has 18 heavy (non-hydrogen) atoms. The summed E-state index contributed by atoms with van der Waals surface area (Å²) in [4.78, 5) is 11.0. The Kier molecular flexibility index (Phi) is 5.74. The number of hydrogen-bond acceptors (Lipinski definition) is 3. The average molecular weight is 254 g/mol. The number of benzene rings is 1. The number of carbonyl (C=O) groups excluding carboxylic acids is 1. The maximum atomic E-state index is 13.4. The highest BCUT2D eigenvalue weighted by Crippen LogP contribution is 2.10. The van der Waals surface area contributed by atoms with Crippen LogP contribution in [0, 0.1) is 5.82 Å². The first-order chi connectivity index (χ1) is 8.54. The highest BCUT2D eigenvalue weighted by atomic mass is 19.1. The van der Waals surface area contributed by atoms with Gasteiger partial charge in [0.05, 0.1) is 6.10 Å². The van der Waals surface area contributed by atoms with Crippen LogP contribution in [0.1, 0.15) is 35.7 Å². The molecule has 0 aliphatic carbocycles. The number of aliphatic hydroxyl groups excluding tert-OH is 1. The van der Waals surface area contributed by atoms with Crippen molar-refractivity contribution in [3.63, 3.8) is 0 Å². The van der Waals surface area contributed by atoms with E-state index in [-0.39, 0.29) is 11.9 Å². The van der Waals surface area contributed by atoms with Gasteiger partial charge in [0.15, 0.2) is 0 Å². The number of nitrogens with two attached hydrogens (primary N) is 1. The lowest BCUT2D eigenvalue weighted by Gasteiger charge is -2.09. The van der Waals surface area contributed by atoms with Gasteiger partial charge in [-0.25, -0.2) is 4.39 Å². The number of amides is 1. The summed E-state index contributed by atoms with van der Waals surface area (Å²) in [5.74, 6) is -0.943. The Morgan fingerprint density at radius 1 is 1.56 bits per heavy atom. The van der Waals surface area contributed by atoms with E-state index in [4.69, 9.17) is 5.73 Å². The smallest absolute Gasteiger partial charge is 0.248 e. The predicted octanol–water partition coefficient (Wildman–Crippen LogP) is 1.18. The van der Waals surface area contributed by atoms with Crippen molar-refractivity contribution < 1.29 is 14.3 Å². The second-order valence-electron chi connectivity index (χ2n) is 4.20. The normalized spacial score (nSPS) is 12.4. The summed E-state index contributed by atoms with van der Waals surface area (Å²) in [6, 6.07) is 4.04. The van der Waals surface area contributed by atoms with Crippen molar-refractivity contribution in [3.05, 3.63) is 35.1 Å². The van der Waals surface area contributed by atoms with Crippen LogP contribution < -0.4 is 11.1 Å². The molecule has 1 aromatic rings. The van der Waals surface area contributed by atoms with Crippen LogP contribution in [-0.4, -0.2) is 23.7 Å². The zero-order valence-electron chi connectivity index (χ0n) is 10.4. The van der Waals surface area contributed by atoms with Crippen LogP contribution >= 0.6 is 0 Å². The van der Waals surface area contributed by atoms with Gasteiger partial charge in [-0.15, -0.1) is 0 Å². The largest absolute Gasteiger partial charge is 0.393 e. The van der Waals surface area contributed by atoms with Crippen molar-refractivity contribution in [1.82, 2.24) is 5.32 Å². The Balaban J connectivity index is 2.51. The van der Waals surface area contributed by atoms with Gasteiger partial charge in [-0.3, -0.25) is 4.79 Å². The van der Waals surface area contributed by atoms with Crippen LogP contribution in [0.15, 0.2) is 18.2 Å². The maximum Gasteiger partial charge on any atom is 0.248 e. The molecule has 4 nitrogen and oxygen atoms in total. The van der Waals surface area contributed by atoms with Crippen molar-refractivity contribution in [2.75, 3.05) is 6.54 Å². The van der Waals surface area contributed by atoms with Gasteiger partial charge in [0.1, 0.15) is 5.82 Å². The average Bonchev–Trinajstić information content (AvgIpc) is 2.35. The van der Waals surface area contributed by atoms with Gasteiger partial charge in [0, 0.05) is 17.7 Å². The Labute approximate surface area is 106 Å². The minimum atomic E-state index is -0.572. The maximum absolute atomic E-state index is 13.4. The predicted molar refractivity (Wildman–Crippen MR) is 67.5 cm³/mol. The third-order valence-electron chi connectivity index (χ3n) is 2.77. The summed E-state index contributed by atoms with van der Waals surface area (Å²) >= 11 is 0. The first-order valence-electron chi connectivity index (χ1n) is 6.01. The second kappa shape index (κ2) is 7.08. The van der Waals surface area contributed by atoms with Crippen molar-refractivity contribution in [2.45, 2.75) is 32.4 Å². The quantitative estimate of drug-likeness (QED) is 0.639. The third-order valence-corrected chi connectivity index (χ3v) is 2.77. The molecule has 0 fully saturated rings. The van der Waals surface area contributed by atoms with Crippen LogP contribution in [-0.2, 0) is 6.54 Å². The van der Waals surface area contributed by atoms with Gasteiger partial charge in [-0.05, 0) is 37.6 Å². The van der Waals surface area contributed by atoms with Crippen molar-refractivity contribution >= 4 is 5.91 Å². The fourth-order valence-corrected chi connectivity index (χ4v) is 1.56. The number of hydrogen-bond donors (Lipinski definition) is 3. The Morgan fingerprint density at radius 3 is 2.89 bits per heavy atom. The van der Waals surface area contributed by atoms with E-state index in [9.17, 15) is 14.3 Å². The number of rotatable bonds is 7. The topological polar surface area (TPSA) is 75.3 Å². The lowest BCUT2D eigenvalue weighted by atomic mass is 10.1. The van der Waals surface area contributed by atoms with E-state index in [1.165, 1.54) is 18.2 Å². The molecule has 100 valence electrons. The number of aliphatic hydroxyl groups is 1. The van der Waals surface area contributed by atoms with E-state index in [1.54, 1.807) is 0 Å². The second-order valence-corrected chi connectivity index (χ2v) is 4.20. The molecule has 0 aliphatic heterocycles. The highest BCUT2D eigenvalue weighted by Gasteiger charge is 2.07. The fraction of sp³-hybridized carbons (Fsp3) is 0.462. The Hall–Kier alpha value is -1.46. The molecular weight excluding hydrogens is 235 g/mol. The van der Waals surface area contributed by atoms with Crippen LogP contribution in [0.25, 0.3) is 0 Å². The lowest BCUT2D eigenvalue weighted by Crippen LogP contribution is -2.21. The van der Waals surface area contributed by atoms with Gasteiger partial charge in [0.2, 0.25) is 5.91 Å². The minimum absolute atomic E-state index is 0.293. The molecule has 1 unspecified atom stereocenters. The van der Waals surface area contributed by atoms with Crippen molar-refractivity contribution in [3.8, 4) is 0 Å². The molecule has 1 atom stereocenters. The van der Waals surface area contributed by atoms with E-state index >= 15 is 0 Å². The fourth-order valence-electron chi connectivity index (χ4n) is 1.56. The molecule has 4 N–H and O–H groups in total. The van der Waals surface area contributed by atoms with E-state index in [0.29, 0.717) is 37.1 Å². The molecule has 0 saturated heterocycles. The first kappa shape index (κ1) is 14.6. The molecule has 0 saturated carbocycles. The van der Waals surface area contributed by atoms with Crippen LogP contribution in [0.5, 0.6) is 0 Å². The summed E-state index contributed by atoms with van der Waals surface area (Å²) in [7, 11) is 0. The van der Waals surface area contributed by atoms with Crippen molar-refractivity contribution in [1.29, 1.82) is 0 Å². The van der Waals surface area contributed by atoms with E-state index in [1.807, 2.05) is 6.92 Å². The molecule has 0 radical (unpaired) electrons. The zero-order valence-corrected chi connectivity index (χ0v) is 10.4. The molecule has 1 rings (SSSR count). The van der Waals surface area contributed by atoms with Gasteiger partial charge >= 0.3 is 0 Å². The van der Waals surface area contributed by atoms with Gasteiger partial charge in [0.25, 0.3) is 0 Å². The molecule has 5 heteroatoms. The van der Waals surface area contributed by atoms with E-state index in [0.717, 1.165) is 0 Å². The Morgan fingerprint density at radius 2 is 2.28 bits per heavy atom. The lowest BCUT2D eigenvalue weighted by molar-refractivity contribution is 0.1000. The number of halogens is 1. The molecule has 1 amide bonds. The van der Waals surface area contributed by atoms with Crippen molar-refractivity contribution in [2.24, 2.45) is 5.73 Å². The summed E-state index contributed by atoms with van der Waals surface area (Å²) in [5, 5.41) is 12.4. The SMILES string of the molecule is CCC(O)CCNCc1cc(C(N)=O)ccc1F. The Bertz CT molecular complexity index is 410. The van der Waals surface area contributed by atoms with Crippen LogP contribution in [0.3, 0.4) is 0 Å². The molecule has 0 spiro atoms. The van der Waals surface area contributed by atoms with Gasteiger partial charge < -0.3 is 16.2 Å². The highest BCUT2D eigenvalue weighted by molar-refractivity contribution is 5.92. The number of primary amides is 1. The molecular formula is C13H19FN2O2. The summed E-state index contributed by atoms with van der Waals surface area (Å²) in [6.45, 7) is 2.80. The monoisotopic (exact) mass is 254 g/mol. The molecule has 1 aromatic carbocycles. The summed E-state index contributed by atoms with van der Waals surface area (Å²) in [6.07, 6.45) is 0.986.